The first-order valence-electron chi connectivity index (χ1n) is 9.70. The van der Waals surface area contributed by atoms with E-state index in [1.54, 1.807) is 0 Å². The largest absolute Gasteiger partial charge is 0.399 e. The van der Waals surface area contributed by atoms with Gasteiger partial charge in [-0.15, -0.1) is 0 Å². The van der Waals surface area contributed by atoms with Crippen molar-refractivity contribution >= 4 is 22.4 Å². The summed E-state index contributed by atoms with van der Waals surface area (Å²) in [7, 11) is 0. The molecule has 0 saturated heterocycles. The van der Waals surface area contributed by atoms with E-state index < -0.39 is 6.68 Å². The first kappa shape index (κ1) is 23.9. The fourth-order valence-electron chi connectivity index (χ4n) is 3.76. The average molecular weight is 435 g/mol. The Balaban J connectivity index is 0.000000735. The summed E-state index contributed by atoms with van der Waals surface area (Å²) in [5.41, 5.74) is 15.2. The molecule has 0 amide bonds. The van der Waals surface area contributed by atoms with Crippen LogP contribution in [-0.4, -0.2) is 12.1 Å². The summed E-state index contributed by atoms with van der Waals surface area (Å²) < 4.78 is 29.0. The fraction of sp³-hybridized carbons (Fsp3) is 0.333. The lowest BCUT2D eigenvalue weighted by Crippen LogP contribution is -2.25. The molecular weight excluding hydrogens is 405 g/mol. The Bertz CT molecular complexity index is 927. The predicted octanol–water partition coefficient (Wildman–Crippen LogP) is 6.87. The summed E-state index contributed by atoms with van der Waals surface area (Å²) in [5.74, 6) is 0.428. The first-order chi connectivity index (χ1) is 14.0. The lowest BCUT2D eigenvalue weighted by atomic mass is 9.97. The third-order valence-corrected chi connectivity index (χ3v) is 6.64. The van der Waals surface area contributed by atoms with E-state index in [0.717, 1.165) is 5.56 Å². The van der Waals surface area contributed by atoms with E-state index in [1.807, 2.05) is 11.8 Å². The van der Waals surface area contributed by atoms with Crippen LogP contribution >= 0.6 is 11.8 Å². The Labute approximate surface area is 181 Å². The molecule has 0 bridgehead atoms. The first-order valence-corrected chi connectivity index (χ1v) is 10.6. The van der Waals surface area contributed by atoms with Crippen LogP contribution in [0.25, 0.3) is 10.6 Å². The normalized spacial score (nSPS) is 16.8. The van der Waals surface area contributed by atoms with Crippen molar-refractivity contribution < 1.29 is 13.2 Å². The van der Waals surface area contributed by atoms with Gasteiger partial charge in [0.15, 0.2) is 0 Å². The van der Waals surface area contributed by atoms with Gasteiger partial charge in [0.25, 0.3) is 0 Å². The second-order valence-electron chi connectivity index (χ2n) is 7.60. The number of nitrogens with two attached hydrogens (primary N) is 1. The highest BCUT2D eigenvalue weighted by molar-refractivity contribution is 8.09. The van der Waals surface area contributed by atoms with Crippen LogP contribution in [0.2, 0.25) is 0 Å². The Morgan fingerprint density at radius 2 is 1.63 bits per heavy atom. The number of rotatable bonds is 4. The van der Waals surface area contributed by atoms with Crippen LogP contribution in [0.15, 0.2) is 48.7 Å². The molecule has 30 heavy (non-hydrogen) atoms. The van der Waals surface area contributed by atoms with Gasteiger partial charge in [0.1, 0.15) is 0 Å². The predicted molar refractivity (Wildman–Crippen MR) is 123 cm³/mol. The third-order valence-electron chi connectivity index (χ3n) is 5.08. The third kappa shape index (κ3) is 5.85. The van der Waals surface area contributed by atoms with E-state index >= 15 is 0 Å². The Kier molecular flexibility index (Phi) is 8.07. The SMILES string of the molecule is C=C(N)c1c(C)cc(C2=C(C)NC(C(C)c3cccc(C)c3)S2)cc1C.FC(F)F. The smallest absolute Gasteiger partial charge is 0.379 e. The second-order valence-corrected chi connectivity index (χ2v) is 8.75. The van der Waals surface area contributed by atoms with Gasteiger partial charge in [-0.05, 0) is 49.9 Å². The topological polar surface area (TPSA) is 38.0 Å². The van der Waals surface area contributed by atoms with Crippen LogP contribution < -0.4 is 11.1 Å². The number of alkyl halides is 3. The maximum atomic E-state index is 9.67. The lowest BCUT2D eigenvalue weighted by molar-refractivity contribution is 0.00819. The van der Waals surface area contributed by atoms with Crippen LogP contribution in [0.5, 0.6) is 0 Å². The van der Waals surface area contributed by atoms with Gasteiger partial charge in [-0.2, -0.15) is 13.2 Å². The molecule has 3 rings (SSSR count). The van der Waals surface area contributed by atoms with Gasteiger partial charge < -0.3 is 11.1 Å². The molecule has 0 fully saturated rings. The molecule has 6 heteroatoms. The van der Waals surface area contributed by atoms with Crippen molar-refractivity contribution in [1.82, 2.24) is 5.32 Å². The van der Waals surface area contributed by atoms with Crippen molar-refractivity contribution in [3.05, 3.63) is 82.1 Å². The van der Waals surface area contributed by atoms with Crippen molar-refractivity contribution in [3.63, 3.8) is 0 Å². The molecule has 162 valence electrons. The molecule has 0 aliphatic carbocycles. The van der Waals surface area contributed by atoms with Crippen molar-refractivity contribution in [3.8, 4) is 0 Å². The van der Waals surface area contributed by atoms with Gasteiger partial charge in [-0.25, -0.2) is 0 Å². The molecule has 0 spiro atoms. The minimum absolute atomic E-state index is 0.344. The number of benzene rings is 2. The quantitative estimate of drug-likeness (QED) is 0.551. The number of hydrogen-bond donors (Lipinski definition) is 2. The van der Waals surface area contributed by atoms with Gasteiger partial charge >= 0.3 is 6.68 Å². The molecule has 0 aromatic heterocycles. The summed E-state index contributed by atoms with van der Waals surface area (Å²) in [6.45, 7) is 11.1. The molecule has 2 aromatic rings. The van der Waals surface area contributed by atoms with Gasteiger partial charge in [-0.3, -0.25) is 0 Å². The van der Waals surface area contributed by atoms with E-state index in [-0.39, 0.29) is 0 Å². The Morgan fingerprint density at radius 1 is 1.07 bits per heavy atom. The van der Waals surface area contributed by atoms with Gasteiger partial charge in [0.2, 0.25) is 0 Å². The Hall–Kier alpha value is -2.34. The highest BCUT2D eigenvalue weighted by Crippen LogP contribution is 2.44. The second kappa shape index (κ2) is 10.1. The molecule has 2 nitrogen and oxygen atoms in total. The number of hydrogen-bond acceptors (Lipinski definition) is 3. The molecule has 2 unspecified atom stereocenters. The number of allylic oxidation sites excluding steroid dienone is 1. The minimum Gasteiger partial charge on any atom is -0.399 e. The molecule has 1 heterocycles. The molecule has 1 aliphatic rings. The highest BCUT2D eigenvalue weighted by Gasteiger charge is 2.28. The molecule has 1 aliphatic heterocycles. The van der Waals surface area contributed by atoms with Crippen LogP contribution in [0.1, 0.15) is 53.1 Å². The van der Waals surface area contributed by atoms with Crippen molar-refractivity contribution in [1.29, 1.82) is 0 Å². The number of halogens is 3. The van der Waals surface area contributed by atoms with E-state index in [0.29, 0.717) is 17.0 Å². The summed E-state index contributed by atoms with van der Waals surface area (Å²) in [6.07, 6.45) is 0. The molecule has 2 atom stereocenters. The van der Waals surface area contributed by atoms with Gasteiger partial charge in [0, 0.05) is 27.8 Å². The molecule has 3 N–H and O–H groups in total. The van der Waals surface area contributed by atoms with Crippen LogP contribution in [-0.2, 0) is 0 Å². The molecule has 2 aromatic carbocycles. The zero-order valence-corrected chi connectivity index (χ0v) is 18.8. The van der Waals surface area contributed by atoms with E-state index in [1.165, 1.54) is 38.4 Å². The Morgan fingerprint density at radius 3 is 2.13 bits per heavy atom. The fourth-order valence-corrected chi connectivity index (χ4v) is 5.11. The van der Waals surface area contributed by atoms with Crippen LogP contribution in [0.3, 0.4) is 0 Å². The van der Waals surface area contributed by atoms with Gasteiger partial charge in [0.05, 0.1) is 5.37 Å². The number of nitrogens with one attached hydrogen (secondary N) is 1. The summed E-state index contributed by atoms with van der Waals surface area (Å²) in [4.78, 5) is 1.33. The molecule has 0 saturated carbocycles. The zero-order valence-electron chi connectivity index (χ0n) is 18.0. The maximum absolute atomic E-state index is 9.67. The molecular formula is C24H29F3N2S. The average Bonchev–Trinajstić information content (AvgIpc) is 3.01. The van der Waals surface area contributed by atoms with E-state index in [2.05, 4.69) is 82.9 Å². The van der Waals surface area contributed by atoms with Crippen molar-refractivity contribution in [2.75, 3.05) is 0 Å². The number of thioether (sulfide) groups is 1. The van der Waals surface area contributed by atoms with E-state index in [9.17, 15) is 13.2 Å². The maximum Gasteiger partial charge on any atom is 0.379 e. The summed E-state index contributed by atoms with van der Waals surface area (Å²) >= 11 is 1.93. The van der Waals surface area contributed by atoms with Crippen LogP contribution in [0, 0.1) is 20.8 Å². The van der Waals surface area contributed by atoms with Crippen LogP contribution in [0.4, 0.5) is 13.2 Å². The highest BCUT2D eigenvalue weighted by atomic mass is 32.2. The summed E-state index contributed by atoms with van der Waals surface area (Å²) in [5, 5.41) is 4.04. The van der Waals surface area contributed by atoms with Crippen molar-refractivity contribution in [2.24, 2.45) is 5.73 Å². The monoisotopic (exact) mass is 434 g/mol. The minimum atomic E-state index is -3.67. The van der Waals surface area contributed by atoms with E-state index in [4.69, 9.17) is 5.73 Å². The number of aryl methyl sites for hydroxylation is 3. The molecule has 0 radical (unpaired) electrons. The summed E-state index contributed by atoms with van der Waals surface area (Å²) in [6, 6.07) is 13.3. The van der Waals surface area contributed by atoms with Crippen molar-refractivity contribution in [2.45, 2.75) is 52.6 Å². The standard InChI is InChI=1S/C23H28N2S.CHF3/c1-13-8-7-9-19(10-13)16(4)23-25-18(6)22(26-23)20-11-14(2)21(17(5)24)15(3)12-20;2-1(3)4/h7-12,16,23,25H,5,24H2,1-4,6H3;1H. The zero-order chi connectivity index (χ0) is 22.6. The lowest BCUT2D eigenvalue weighted by Gasteiger charge is -2.21. The van der Waals surface area contributed by atoms with Gasteiger partial charge in [-0.1, -0.05) is 67.2 Å².